The van der Waals surface area contributed by atoms with E-state index in [2.05, 4.69) is 10.6 Å². The van der Waals surface area contributed by atoms with E-state index < -0.39 is 0 Å². The van der Waals surface area contributed by atoms with Crippen LogP contribution < -0.4 is 15.5 Å². The van der Waals surface area contributed by atoms with Crippen molar-refractivity contribution in [3.63, 3.8) is 0 Å². The minimum Gasteiger partial charge on any atom is -0.377 e. The molecule has 0 heterocycles. The van der Waals surface area contributed by atoms with Gasteiger partial charge in [-0.2, -0.15) is 0 Å². The van der Waals surface area contributed by atoms with Crippen molar-refractivity contribution in [1.29, 1.82) is 0 Å². The molecule has 0 bridgehead atoms. The van der Waals surface area contributed by atoms with Crippen LogP contribution in [0.15, 0.2) is 48.5 Å². The van der Waals surface area contributed by atoms with E-state index in [-0.39, 0.29) is 23.9 Å². The molecule has 172 valence electrons. The lowest BCUT2D eigenvalue weighted by molar-refractivity contribution is -0.119. The molecule has 1 aliphatic rings. The highest BCUT2D eigenvalue weighted by molar-refractivity contribution is 5.93. The van der Waals surface area contributed by atoms with Crippen LogP contribution in [0.4, 0.5) is 16.2 Å². The van der Waals surface area contributed by atoms with Gasteiger partial charge < -0.3 is 20.4 Å². The molecule has 6 nitrogen and oxygen atoms in total. The van der Waals surface area contributed by atoms with Crippen LogP contribution in [0.2, 0.25) is 0 Å². The molecule has 3 rings (SSSR count). The van der Waals surface area contributed by atoms with Crippen LogP contribution in [0.25, 0.3) is 0 Å². The Morgan fingerprint density at radius 2 is 1.75 bits per heavy atom. The summed E-state index contributed by atoms with van der Waals surface area (Å²) in [5, 5.41) is 6.06. The van der Waals surface area contributed by atoms with Crippen LogP contribution in [0.5, 0.6) is 0 Å². The summed E-state index contributed by atoms with van der Waals surface area (Å²) in [6, 6.07) is 15.8. The van der Waals surface area contributed by atoms with Gasteiger partial charge in [0.25, 0.3) is 0 Å². The maximum Gasteiger partial charge on any atom is 0.318 e. The van der Waals surface area contributed by atoms with Crippen molar-refractivity contribution in [2.24, 2.45) is 5.92 Å². The second kappa shape index (κ2) is 11.0. The fraction of sp³-hybridized carbons (Fsp3) is 0.462. The summed E-state index contributed by atoms with van der Waals surface area (Å²) in [5.41, 5.74) is 3.88. The van der Waals surface area contributed by atoms with Gasteiger partial charge in [0.05, 0.1) is 12.6 Å². The molecule has 1 aliphatic carbocycles. The second-order valence-electron chi connectivity index (χ2n) is 8.76. The first-order valence-electron chi connectivity index (χ1n) is 11.6. The molecular weight excluding hydrogens is 400 g/mol. The van der Waals surface area contributed by atoms with E-state index in [0.29, 0.717) is 13.1 Å². The predicted octanol–water partition coefficient (Wildman–Crippen LogP) is 5.17. The monoisotopic (exact) mass is 436 g/mol. The van der Waals surface area contributed by atoms with Crippen LogP contribution in [-0.2, 0) is 11.3 Å². The van der Waals surface area contributed by atoms with Crippen molar-refractivity contribution in [3.05, 3.63) is 59.7 Å². The van der Waals surface area contributed by atoms with Crippen LogP contribution in [0, 0.1) is 5.92 Å². The van der Waals surface area contributed by atoms with Gasteiger partial charge in [0.15, 0.2) is 0 Å². The Bertz CT molecular complexity index is 907. The Kier molecular flexibility index (Phi) is 8.14. The van der Waals surface area contributed by atoms with Gasteiger partial charge in [-0.25, -0.2) is 4.79 Å². The number of carbonyl (C=O) groups excluding carboxylic acids is 2. The molecular formula is C26H36N4O2. The average Bonchev–Trinajstić information content (AvgIpc) is 3.33. The minimum absolute atomic E-state index is 0.101. The van der Waals surface area contributed by atoms with Crippen molar-refractivity contribution >= 4 is 23.3 Å². The normalized spacial score (nSPS) is 14.6. The third-order valence-corrected chi connectivity index (χ3v) is 6.23. The number of carbonyl (C=O) groups is 2. The number of hydrogen-bond donors (Lipinski definition) is 2. The highest BCUT2D eigenvalue weighted by Gasteiger charge is 2.25. The van der Waals surface area contributed by atoms with Gasteiger partial charge >= 0.3 is 6.03 Å². The van der Waals surface area contributed by atoms with Gasteiger partial charge in [-0.1, -0.05) is 43.2 Å². The zero-order chi connectivity index (χ0) is 23.1. The molecule has 2 N–H and O–H groups in total. The molecule has 0 spiro atoms. The fourth-order valence-corrected chi connectivity index (χ4v) is 4.39. The summed E-state index contributed by atoms with van der Waals surface area (Å²) in [7, 11) is 3.99. The fourth-order valence-electron chi connectivity index (χ4n) is 4.39. The third kappa shape index (κ3) is 5.81. The molecule has 0 unspecified atom stereocenters. The molecule has 3 amide bonds. The number of rotatable bonds is 8. The average molecular weight is 437 g/mol. The Morgan fingerprint density at radius 1 is 1.06 bits per heavy atom. The molecule has 0 aliphatic heterocycles. The van der Waals surface area contributed by atoms with E-state index in [4.69, 9.17) is 0 Å². The van der Waals surface area contributed by atoms with Gasteiger partial charge in [0.2, 0.25) is 5.91 Å². The van der Waals surface area contributed by atoms with Crippen molar-refractivity contribution < 1.29 is 9.59 Å². The lowest BCUT2D eigenvalue weighted by Gasteiger charge is -2.31. The largest absolute Gasteiger partial charge is 0.377 e. The summed E-state index contributed by atoms with van der Waals surface area (Å²) < 4.78 is 0. The van der Waals surface area contributed by atoms with E-state index in [0.717, 1.165) is 48.2 Å². The highest BCUT2D eigenvalue weighted by atomic mass is 16.2. The smallest absolute Gasteiger partial charge is 0.318 e. The summed E-state index contributed by atoms with van der Waals surface area (Å²) in [6.45, 7) is 4.97. The number of nitrogens with zero attached hydrogens (tertiary/aromatic N) is 2. The van der Waals surface area contributed by atoms with Crippen molar-refractivity contribution in [2.45, 2.75) is 52.1 Å². The van der Waals surface area contributed by atoms with Gasteiger partial charge in [-0.05, 0) is 56.0 Å². The molecule has 1 saturated carbocycles. The quantitative estimate of drug-likeness (QED) is 0.600. The van der Waals surface area contributed by atoms with Crippen LogP contribution >= 0.6 is 0 Å². The first kappa shape index (κ1) is 23.6. The number of hydrogen-bond acceptors (Lipinski definition) is 3. The van der Waals surface area contributed by atoms with E-state index in [1.807, 2.05) is 86.3 Å². The molecule has 0 aromatic heterocycles. The zero-order valence-electron chi connectivity index (χ0n) is 19.7. The molecule has 1 fully saturated rings. The zero-order valence-corrected chi connectivity index (χ0v) is 19.7. The second-order valence-corrected chi connectivity index (χ2v) is 8.76. The van der Waals surface area contributed by atoms with Crippen LogP contribution in [-0.4, -0.2) is 37.5 Å². The first-order chi connectivity index (χ1) is 15.4. The van der Waals surface area contributed by atoms with Crippen molar-refractivity contribution in [1.82, 2.24) is 10.2 Å². The number of benzene rings is 2. The van der Waals surface area contributed by atoms with Gasteiger partial charge in [0, 0.05) is 37.9 Å². The van der Waals surface area contributed by atoms with E-state index >= 15 is 0 Å². The molecule has 2 aromatic rings. The molecule has 6 heteroatoms. The maximum atomic E-state index is 13.0. The molecule has 1 atom stereocenters. The number of amides is 3. The van der Waals surface area contributed by atoms with E-state index in [1.54, 1.807) is 0 Å². The standard InChI is InChI=1S/C26H36N4O2/c1-5-27-26(32)30(19(2)20-11-7-6-8-12-20)18-22-17-23(15-16-24(22)29(3)4)28-25(31)21-13-9-10-14-21/h6-8,11-12,15-17,19,21H,5,9-10,13-14,18H2,1-4H3,(H,27,32)(H,28,31)/t19-/m1/s1. The lowest BCUT2D eigenvalue weighted by atomic mass is 10.0. The summed E-state index contributed by atoms with van der Waals surface area (Å²) in [4.78, 5) is 29.6. The summed E-state index contributed by atoms with van der Waals surface area (Å²) in [5.74, 6) is 0.209. The Labute approximate surface area is 192 Å². The SMILES string of the molecule is CCNC(=O)N(Cc1cc(NC(=O)C2CCCC2)ccc1N(C)C)[C@H](C)c1ccccc1. The molecule has 0 radical (unpaired) electrons. The topological polar surface area (TPSA) is 64.7 Å². The van der Waals surface area contributed by atoms with Crippen LogP contribution in [0.1, 0.15) is 56.7 Å². The molecule has 2 aromatic carbocycles. The number of nitrogens with one attached hydrogen (secondary N) is 2. The Morgan fingerprint density at radius 3 is 2.38 bits per heavy atom. The number of anilines is 2. The maximum absolute atomic E-state index is 13.0. The van der Waals surface area contributed by atoms with E-state index in [1.165, 1.54) is 0 Å². The predicted molar refractivity (Wildman–Crippen MR) is 131 cm³/mol. The third-order valence-electron chi connectivity index (χ3n) is 6.23. The first-order valence-corrected chi connectivity index (χ1v) is 11.6. The van der Waals surface area contributed by atoms with Crippen LogP contribution in [0.3, 0.4) is 0 Å². The van der Waals surface area contributed by atoms with Gasteiger partial charge in [-0.15, -0.1) is 0 Å². The van der Waals surface area contributed by atoms with Gasteiger partial charge in [0.1, 0.15) is 0 Å². The Hall–Kier alpha value is -3.02. The molecule has 32 heavy (non-hydrogen) atoms. The molecule has 0 saturated heterocycles. The minimum atomic E-state index is -0.103. The highest BCUT2D eigenvalue weighted by Crippen LogP contribution is 2.30. The van der Waals surface area contributed by atoms with E-state index in [9.17, 15) is 9.59 Å². The Balaban J connectivity index is 1.88. The number of urea groups is 1. The lowest BCUT2D eigenvalue weighted by Crippen LogP contribution is -2.41. The summed E-state index contributed by atoms with van der Waals surface area (Å²) >= 11 is 0. The van der Waals surface area contributed by atoms with Gasteiger partial charge in [-0.3, -0.25) is 4.79 Å². The van der Waals surface area contributed by atoms with Crippen molar-refractivity contribution in [3.8, 4) is 0 Å². The van der Waals surface area contributed by atoms with Crippen molar-refractivity contribution in [2.75, 3.05) is 30.9 Å². The summed E-state index contributed by atoms with van der Waals surface area (Å²) in [6.07, 6.45) is 4.19.